The van der Waals surface area contributed by atoms with E-state index < -0.39 is 17.6 Å². The lowest BCUT2D eigenvalue weighted by Gasteiger charge is -2.23. The summed E-state index contributed by atoms with van der Waals surface area (Å²) in [5.74, 6) is 0.707. The standard InChI is InChI=1S/C20H22F3NO4/c1-27-17-6-7-18(28-2)15(12-17)13-24(8-9-25)19(26)11-14-4-3-5-16(10-14)20(21,22)23/h3-7,10,12,25H,8-9,11,13H2,1-2H3. The van der Waals surface area contributed by atoms with Crippen LogP contribution in [0.15, 0.2) is 42.5 Å². The number of benzene rings is 2. The molecule has 0 aliphatic heterocycles. The Kier molecular flexibility index (Phi) is 7.28. The van der Waals surface area contributed by atoms with Gasteiger partial charge in [-0.3, -0.25) is 4.79 Å². The molecule has 8 heteroatoms. The molecule has 0 fully saturated rings. The number of rotatable bonds is 8. The van der Waals surface area contributed by atoms with Gasteiger partial charge in [-0.25, -0.2) is 0 Å². The second-order valence-electron chi connectivity index (χ2n) is 6.09. The Morgan fingerprint density at radius 3 is 2.46 bits per heavy atom. The zero-order valence-electron chi connectivity index (χ0n) is 15.6. The number of aliphatic hydroxyl groups is 1. The Hall–Kier alpha value is -2.74. The summed E-state index contributed by atoms with van der Waals surface area (Å²) >= 11 is 0. The van der Waals surface area contributed by atoms with E-state index in [-0.39, 0.29) is 31.7 Å². The van der Waals surface area contributed by atoms with Gasteiger partial charge in [-0.2, -0.15) is 13.2 Å². The molecule has 1 amide bonds. The molecule has 0 aromatic heterocycles. The number of aliphatic hydroxyl groups excluding tert-OH is 1. The molecule has 2 aromatic rings. The number of nitrogens with zero attached hydrogens (tertiary/aromatic N) is 1. The number of halogens is 3. The summed E-state index contributed by atoms with van der Waals surface area (Å²) < 4.78 is 49.1. The van der Waals surface area contributed by atoms with Gasteiger partial charge in [0.15, 0.2) is 0 Å². The Bertz CT molecular complexity index is 808. The summed E-state index contributed by atoms with van der Waals surface area (Å²) in [6.45, 7) is -0.114. The molecule has 28 heavy (non-hydrogen) atoms. The van der Waals surface area contributed by atoms with Crippen molar-refractivity contribution in [1.29, 1.82) is 0 Å². The fraction of sp³-hybridized carbons (Fsp3) is 0.350. The van der Waals surface area contributed by atoms with Crippen LogP contribution in [0.25, 0.3) is 0 Å². The van der Waals surface area contributed by atoms with E-state index in [2.05, 4.69) is 0 Å². The van der Waals surface area contributed by atoms with Crippen molar-refractivity contribution in [3.8, 4) is 11.5 Å². The normalized spacial score (nSPS) is 11.2. The number of alkyl halides is 3. The summed E-state index contributed by atoms with van der Waals surface area (Å²) in [6, 6.07) is 9.78. The van der Waals surface area contributed by atoms with E-state index in [1.165, 1.54) is 31.3 Å². The van der Waals surface area contributed by atoms with Crippen molar-refractivity contribution in [1.82, 2.24) is 4.90 Å². The Balaban J connectivity index is 2.21. The minimum absolute atomic E-state index is 0.0398. The monoisotopic (exact) mass is 397 g/mol. The molecule has 152 valence electrons. The lowest BCUT2D eigenvalue weighted by molar-refractivity contribution is -0.138. The molecular weight excluding hydrogens is 375 g/mol. The van der Waals surface area contributed by atoms with Gasteiger partial charge in [0.25, 0.3) is 0 Å². The Morgan fingerprint density at radius 1 is 1.11 bits per heavy atom. The highest BCUT2D eigenvalue weighted by Gasteiger charge is 2.30. The first-order valence-electron chi connectivity index (χ1n) is 8.54. The molecule has 0 radical (unpaired) electrons. The van der Waals surface area contributed by atoms with E-state index in [0.29, 0.717) is 17.1 Å². The van der Waals surface area contributed by atoms with E-state index in [4.69, 9.17) is 9.47 Å². The third-order valence-corrected chi connectivity index (χ3v) is 4.18. The third kappa shape index (κ3) is 5.63. The summed E-state index contributed by atoms with van der Waals surface area (Å²) in [7, 11) is 3.00. The van der Waals surface area contributed by atoms with Crippen LogP contribution in [0.3, 0.4) is 0 Å². The van der Waals surface area contributed by atoms with Gasteiger partial charge in [-0.15, -0.1) is 0 Å². The van der Waals surface area contributed by atoms with Crippen LogP contribution >= 0.6 is 0 Å². The molecule has 0 saturated heterocycles. The second-order valence-corrected chi connectivity index (χ2v) is 6.09. The molecule has 2 aromatic carbocycles. The minimum Gasteiger partial charge on any atom is -0.497 e. The predicted molar refractivity (Wildman–Crippen MR) is 97.2 cm³/mol. The number of carbonyl (C=O) groups is 1. The van der Waals surface area contributed by atoms with Crippen molar-refractivity contribution in [3.05, 3.63) is 59.2 Å². The van der Waals surface area contributed by atoms with Crippen molar-refractivity contribution in [3.63, 3.8) is 0 Å². The van der Waals surface area contributed by atoms with E-state index in [0.717, 1.165) is 12.1 Å². The van der Waals surface area contributed by atoms with Gasteiger partial charge in [0.1, 0.15) is 11.5 Å². The van der Waals surface area contributed by atoms with E-state index in [1.807, 2.05) is 0 Å². The zero-order valence-corrected chi connectivity index (χ0v) is 15.6. The maximum Gasteiger partial charge on any atom is 0.416 e. The highest BCUT2D eigenvalue weighted by molar-refractivity contribution is 5.79. The number of hydrogen-bond acceptors (Lipinski definition) is 4. The topological polar surface area (TPSA) is 59.0 Å². The predicted octanol–water partition coefficient (Wildman–Crippen LogP) is 3.29. The molecule has 0 aliphatic carbocycles. The van der Waals surface area contributed by atoms with Crippen LogP contribution < -0.4 is 9.47 Å². The van der Waals surface area contributed by atoms with Crippen LogP contribution in [0.1, 0.15) is 16.7 Å². The van der Waals surface area contributed by atoms with Crippen LogP contribution in [0, 0.1) is 0 Å². The molecule has 0 spiro atoms. The number of carbonyl (C=O) groups excluding carboxylic acids is 1. The first-order valence-corrected chi connectivity index (χ1v) is 8.54. The number of amides is 1. The number of hydrogen-bond donors (Lipinski definition) is 1. The van der Waals surface area contributed by atoms with Crippen LogP contribution in [-0.4, -0.2) is 43.3 Å². The quantitative estimate of drug-likeness (QED) is 0.743. The molecule has 1 N–H and O–H groups in total. The van der Waals surface area contributed by atoms with Crippen LogP contribution in [0.4, 0.5) is 13.2 Å². The smallest absolute Gasteiger partial charge is 0.416 e. The van der Waals surface area contributed by atoms with Crippen molar-refractivity contribution < 1.29 is 32.5 Å². The summed E-state index contributed by atoms with van der Waals surface area (Å²) in [4.78, 5) is 14.1. The molecule has 0 saturated carbocycles. The van der Waals surface area contributed by atoms with E-state index in [9.17, 15) is 23.1 Å². The van der Waals surface area contributed by atoms with Gasteiger partial charge in [0.05, 0.1) is 32.8 Å². The first-order chi connectivity index (χ1) is 13.3. The van der Waals surface area contributed by atoms with Gasteiger partial charge in [-0.1, -0.05) is 18.2 Å². The largest absolute Gasteiger partial charge is 0.497 e. The lowest BCUT2D eigenvalue weighted by atomic mass is 10.1. The van der Waals surface area contributed by atoms with Gasteiger partial charge in [-0.05, 0) is 29.8 Å². The van der Waals surface area contributed by atoms with Crippen LogP contribution in [0.5, 0.6) is 11.5 Å². The summed E-state index contributed by atoms with van der Waals surface area (Å²) in [5, 5.41) is 9.31. The van der Waals surface area contributed by atoms with Crippen LogP contribution in [-0.2, 0) is 23.9 Å². The molecular formula is C20H22F3NO4. The van der Waals surface area contributed by atoms with Crippen molar-refractivity contribution in [2.45, 2.75) is 19.1 Å². The molecule has 0 bridgehead atoms. The van der Waals surface area contributed by atoms with Crippen molar-refractivity contribution >= 4 is 5.91 Å². The number of ether oxygens (including phenoxy) is 2. The second kappa shape index (κ2) is 9.45. The van der Waals surface area contributed by atoms with Crippen molar-refractivity contribution in [2.75, 3.05) is 27.4 Å². The third-order valence-electron chi connectivity index (χ3n) is 4.18. The molecule has 0 heterocycles. The van der Waals surface area contributed by atoms with E-state index in [1.54, 1.807) is 18.2 Å². The average Bonchev–Trinajstić information content (AvgIpc) is 2.67. The van der Waals surface area contributed by atoms with Gasteiger partial charge >= 0.3 is 6.18 Å². The maximum atomic E-state index is 12.9. The first kappa shape index (κ1) is 21.6. The minimum atomic E-state index is -4.47. The van der Waals surface area contributed by atoms with Gasteiger partial charge in [0.2, 0.25) is 5.91 Å². The summed E-state index contributed by atoms with van der Waals surface area (Å²) in [5.41, 5.74) is 0.106. The Labute approximate surface area is 161 Å². The van der Waals surface area contributed by atoms with Crippen LogP contribution in [0.2, 0.25) is 0 Å². The Morgan fingerprint density at radius 2 is 1.86 bits per heavy atom. The van der Waals surface area contributed by atoms with Gasteiger partial charge in [0, 0.05) is 18.7 Å². The average molecular weight is 397 g/mol. The highest BCUT2D eigenvalue weighted by Crippen LogP contribution is 2.30. The molecule has 5 nitrogen and oxygen atoms in total. The lowest BCUT2D eigenvalue weighted by Crippen LogP contribution is -2.34. The van der Waals surface area contributed by atoms with Crippen molar-refractivity contribution in [2.24, 2.45) is 0 Å². The molecule has 0 atom stereocenters. The fourth-order valence-electron chi connectivity index (χ4n) is 2.77. The highest BCUT2D eigenvalue weighted by atomic mass is 19.4. The van der Waals surface area contributed by atoms with Gasteiger partial charge < -0.3 is 19.5 Å². The molecule has 2 rings (SSSR count). The number of methoxy groups -OCH3 is 2. The van der Waals surface area contributed by atoms with E-state index >= 15 is 0 Å². The maximum absolute atomic E-state index is 12.9. The fourth-order valence-corrected chi connectivity index (χ4v) is 2.77. The summed E-state index contributed by atoms with van der Waals surface area (Å²) in [6.07, 6.45) is -4.69. The molecule has 0 unspecified atom stereocenters. The molecule has 0 aliphatic rings. The SMILES string of the molecule is COc1ccc(OC)c(CN(CCO)C(=O)Cc2cccc(C(F)(F)F)c2)c1. The zero-order chi connectivity index (χ0) is 20.7.